The van der Waals surface area contributed by atoms with Crippen molar-refractivity contribution < 1.29 is 4.52 Å². The minimum absolute atomic E-state index is 0.665. The highest BCUT2D eigenvalue weighted by molar-refractivity contribution is 5.79. The summed E-state index contributed by atoms with van der Waals surface area (Å²) in [5.74, 6) is 1.69. The molecule has 2 heterocycles. The SMILES string of the molecule is CN=C(NCCCc1c(C)noc1C)NCc1ccccc1-n1nc(C)cc1C. The Hall–Kier alpha value is -3.09. The maximum Gasteiger partial charge on any atom is 0.191 e. The number of nitrogens with one attached hydrogen (secondary N) is 2. The van der Waals surface area contributed by atoms with E-state index in [1.54, 1.807) is 7.05 Å². The van der Waals surface area contributed by atoms with E-state index in [1.165, 1.54) is 5.56 Å². The number of guanidine groups is 1. The Morgan fingerprint density at radius 2 is 1.93 bits per heavy atom. The lowest BCUT2D eigenvalue weighted by Crippen LogP contribution is -2.37. The van der Waals surface area contributed by atoms with Gasteiger partial charge in [-0.15, -0.1) is 0 Å². The zero-order valence-corrected chi connectivity index (χ0v) is 17.9. The molecule has 29 heavy (non-hydrogen) atoms. The quantitative estimate of drug-likeness (QED) is 0.365. The van der Waals surface area contributed by atoms with Gasteiger partial charge < -0.3 is 15.2 Å². The summed E-state index contributed by atoms with van der Waals surface area (Å²) < 4.78 is 7.22. The van der Waals surface area contributed by atoms with Gasteiger partial charge in [-0.05, 0) is 58.2 Å². The van der Waals surface area contributed by atoms with Crippen molar-refractivity contribution in [3.05, 3.63) is 64.3 Å². The number of rotatable bonds is 7. The molecule has 7 nitrogen and oxygen atoms in total. The Balaban J connectivity index is 1.56. The molecule has 154 valence electrons. The minimum atomic E-state index is 0.665. The Kier molecular flexibility index (Phi) is 6.69. The first-order chi connectivity index (χ1) is 14.0. The summed E-state index contributed by atoms with van der Waals surface area (Å²) in [5, 5.41) is 15.4. The van der Waals surface area contributed by atoms with Crippen LogP contribution in [-0.2, 0) is 13.0 Å². The summed E-state index contributed by atoms with van der Waals surface area (Å²) in [6.45, 7) is 9.52. The number of nitrogens with zero attached hydrogens (tertiary/aromatic N) is 4. The molecular formula is C22H30N6O. The van der Waals surface area contributed by atoms with Crippen molar-refractivity contribution in [2.24, 2.45) is 4.99 Å². The molecule has 0 radical (unpaired) electrons. The number of hydrogen-bond acceptors (Lipinski definition) is 4. The van der Waals surface area contributed by atoms with Gasteiger partial charge in [-0.2, -0.15) is 5.10 Å². The number of para-hydroxylation sites is 1. The summed E-state index contributed by atoms with van der Waals surface area (Å²) in [4.78, 5) is 4.34. The van der Waals surface area contributed by atoms with Gasteiger partial charge in [-0.1, -0.05) is 23.4 Å². The van der Waals surface area contributed by atoms with Crippen LogP contribution in [0.4, 0.5) is 0 Å². The van der Waals surface area contributed by atoms with E-state index in [9.17, 15) is 0 Å². The molecule has 1 aromatic carbocycles. The number of aromatic nitrogens is 3. The molecule has 0 atom stereocenters. The first-order valence-corrected chi connectivity index (χ1v) is 9.97. The highest BCUT2D eigenvalue weighted by Crippen LogP contribution is 2.17. The van der Waals surface area contributed by atoms with E-state index in [2.05, 4.69) is 51.0 Å². The molecule has 0 fully saturated rings. The summed E-state index contributed by atoms with van der Waals surface area (Å²) in [6.07, 6.45) is 1.91. The predicted molar refractivity (Wildman–Crippen MR) is 116 cm³/mol. The average Bonchev–Trinajstić information content (AvgIpc) is 3.22. The molecule has 0 saturated carbocycles. The van der Waals surface area contributed by atoms with Gasteiger partial charge in [0.1, 0.15) is 5.76 Å². The zero-order chi connectivity index (χ0) is 20.8. The van der Waals surface area contributed by atoms with Crippen molar-refractivity contribution in [2.75, 3.05) is 13.6 Å². The van der Waals surface area contributed by atoms with Crippen LogP contribution in [0.2, 0.25) is 0 Å². The highest BCUT2D eigenvalue weighted by atomic mass is 16.5. The number of aliphatic imine (C=N–C) groups is 1. The van der Waals surface area contributed by atoms with Gasteiger partial charge in [-0.3, -0.25) is 4.99 Å². The molecule has 0 spiro atoms. The van der Waals surface area contributed by atoms with Crippen molar-refractivity contribution in [1.29, 1.82) is 0 Å². The lowest BCUT2D eigenvalue weighted by molar-refractivity contribution is 0.392. The molecule has 0 aliphatic heterocycles. The van der Waals surface area contributed by atoms with E-state index in [1.807, 2.05) is 37.6 Å². The molecule has 2 N–H and O–H groups in total. The van der Waals surface area contributed by atoms with E-state index in [4.69, 9.17) is 4.52 Å². The molecule has 7 heteroatoms. The molecule has 3 aromatic rings. The summed E-state index contributed by atoms with van der Waals surface area (Å²) in [5.41, 5.74) is 6.56. The summed E-state index contributed by atoms with van der Waals surface area (Å²) in [6, 6.07) is 10.4. The van der Waals surface area contributed by atoms with E-state index in [-0.39, 0.29) is 0 Å². The van der Waals surface area contributed by atoms with Gasteiger partial charge in [0, 0.05) is 31.4 Å². The van der Waals surface area contributed by atoms with E-state index in [0.717, 1.165) is 59.4 Å². The first kappa shape index (κ1) is 20.6. The molecule has 0 aliphatic carbocycles. The smallest absolute Gasteiger partial charge is 0.191 e. The van der Waals surface area contributed by atoms with Gasteiger partial charge in [0.25, 0.3) is 0 Å². The van der Waals surface area contributed by atoms with Gasteiger partial charge in [0.2, 0.25) is 0 Å². The molecule has 0 bridgehead atoms. The Bertz CT molecular complexity index is 966. The number of hydrogen-bond donors (Lipinski definition) is 2. The molecular weight excluding hydrogens is 364 g/mol. The largest absolute Gasteiger partial charge is 0.361 e. The van der Waals surface area contributed by atoms with Gasteiger partial charge in [0.15, 0.2) is 5.96 Å². The lowest BCUT2D eigenvalue weighted by Gasteiger charge is -2.15. The van der Waals surface area contributed by atoms with Crippen molar-refractivity contribution in [3.8, 4) is 5.69 Å². The van der Waals surface area contributed by atoms with Crippen LogP contribution in [0, 0.1) is 27.7 Å². The van der Waals surface area contributed by atoms with Gasteiger partial charge >= 0.3 is 0 Å². The van der Waals surface area contributed by atoms with Crippen LogP contribution in [-0.4, -0.2) is 34.5 Å². The maximum atomic E-state index is 5.23. The Labute approximate surface area is 172 Å². The lowest BCUT2D eigenvalue weighted by atomic mass is 10.1. The third-order valence-corrected chi connectivity index (χ3v) is 4.98. The molecule has 0 saturated heterocycles. The normalized spacial score (nSPS) is 11.7. The van der Waals surface area contributed by atoms with Gasteiger partial charge in [-0.25, -0.2) is 4.68 Å². The number of benzene rings is 1. The monoisotopic (exact) mass is 394 g/mol. The maximum absolute atomic E-state index is 5.23. The third-order valence-electron chi connectivity index (χ3n) is 4.98. The van der Waals surface area contributed by atoms with Crippen molar-refractivity contribution in [3.63, 3.8) is 0 Å². The van der Waals surface area contributed by atoms with Crippen LogP contribution in [0.3, 0.4) is 0 Å². The third kappa shape index (κ3) is 5.04. The first-order valence-electron chi connectivity index (χ1n) is 9.97. The minimum Gasteiger partial charge on any atom is -0.361 e. The fourth-order valence-corrected chi connectivity index (χ4v) is 3.47. The number of aryl methyl sites for hydroxylation is 4. The Morgan fingerprint density at radius 3 is 2.59 bits per heavy atom. The van der Waals surface area contributed by atoms with Crippen LogP contribution < -0.4 is 10.6 Å². The second-order valence-electron chi connectivity index (χ2n) is 7.23. The fourth-order valence-electron chi connectivity index (χ4n) is 3.47. The summed E-state index contributed by atoms with van der Waals surface area (Å²) >= 11 is 0. The van der Waals surface area contributed by atoms with Crippen LogP contribution in [0.25, 0.3) is 5.69 Å². The standard InChI is InChI=1S/C22H30N6O/c1-15-13-16(2)28(26-15)21-11-7-6-9-19(21)14-25-22(23-5)24-12-8-10-20-17(3)27-29-18(20)4/h6-7,9,11,13H,8,10,12,14H2,1-5H3,(H2,23,24,25). The van der Waals surface area contributed by atoms with E-state index in [0.29, 0.717) is 6.54 Å². The molecule has 0 aliphatic rings. The van der Waals surface area contributed by atoms with Crippen molar-refractivity contribution >= 4 is 5.96 Å². The second kappa shape index (κ2) is 9.41. The zero-order valence-electron chi connectivity index (χ0n) is 17.9. The molecule has 3 rings (SSSR count). The summed E-state index contributed by atoms with van der Waals surface area (Å²) in [7, 11) is 1.79. The topological polar surface area (TPSA) is 80.3 Å². The predicted octanol–water partition coefficient (Wildman–Crippen LogP) is 3.39. The average molecular weight is 395 g/mol. The molecule has 2 aromatic heterocycles. The van der Waals surface area contributed by atoms with Crippen LogP contribution in [0.1, 0.15) is 40.4 Å². The van der Waals surface area contributed by atoms with Crippen molar-refractivity contribution in [1.82, 2.24) is 25.6 Å². The van der Waals surface area contributed by atoms with E-state index < -0.39 is 0 Å². The Morgan fingerprint density at radius 1 is 1.14 bits per heavy atom. The second-order valence-corrected chi connectivity index (χ2v) is 7.23. The highest BCUT2D eigenvalue weighted by Gasteiger charge is 2.10. The van der Waals surface area contributed by atoms with Crippen LogP contribution in [0.15, 0.2) is 39.8 Å². The molecule has 0 unspecified atom stereocenters. The fraction of sp³-hybridized carbons (Fsp3) is 0.409. The van der Waals surface area contributed by atoms with Gasteiger partial charge in [0.05, 0.1) is 17.1 Å². The van der Waals surface area contributed by atoms with E-state index >= 15 is 0 Å². The van der Waals surface area contributed by atoms with Crippen LogP contribution in [0.5, 0.6) is 0 Å². The van der Waals surface area contributed by atoms with Crippen molar-refractivity contribution in [2.45, 2.75) is 47.1 Å². The molecule has 0 amide bonds. The van der Waals surface area contributed by atoms with Crippen LogP contribution >= 0.6 is 0 Å².